The number of rotatable bonds is 2. The molecule has 1 fully saturated rings. The molecular formula is C6H14N2O2. The predicted molar refractivity (Wildman–Crippen MR) is 39.4 cm³/mol. The van der Waals surface area contributed by atoms with Crippen molar-refractivity contribution in [2.45, 2.75) is 31.7 Å². The normalized spacial score (nSPS) is 18.7. The molecule has 0 atom stereocenters. The van der Waals surface area contributed by atoms with Crippen LogP contribution in [0.1, 0.15) is 26.2 Å². The first kappa shape index (κ1) is 9.36. The maximum atomic E-state index is 10.1. The molecule has 0 aromatic carbocycles. The van der Waals surface area contributed by atoms with Gasteiger partial charge in [0.1, 0.15) is 0 Å². The molecule has 0 aromatic rings. The van der Waals surface area contributed by atoms with E-state index in [1.165, 1.54) is 7.05 Å². The first-order chi connectivity index (χ1) is 4.71. The lowest BCUT2D eigenvalue weighted by atomic mass is 10.2. The SMILES string of the molecule is CCC1([N+](=O)[O-])CC1.CN. The molecule has 1 rings (SSSR count). The molecule has 0 unspecified atom stereocenters. The standard InChI is InChI=1S/C5H9NO2.CH5N/c1-2-5(3-4-5)6(7)8;1-2/h2-4H2,1H3;2H2,1H3. The third kappa shape index (κ3) is 1.67. The Labute approximate surface area is 60.6 Å². The van der Waals surface area contributed by atoms with E-state index in [2.05, 4.69) is 5.73 Å². The molecule has 0 radical (unpaired) electrons. The number of nitro groups is 1. The Morgan fingerprint density at radius 3 is 2.00 bits per heavy atom. The van der Waals surface area contributed by atoms with Crippen LogP contribution in [-0.2, 0) is 0 Å². The van der Waals surface area contributed by atoms with Gasteiger partial charge in [0.25, 0.3) is 0 Å². The molecule has 0 aliphatic heterocycles. The molecule has 0 spiro atoms. The molecule has 10 heavy (non-hydrogen) atoms. The minimum absolute atomic E-state index is 0.146. The van der Waals surface area contributed by atoms with Gasteiger partial charge in [0.05, 0.1) is 0 Å². The lowest BCUT2D eigenvalue weighted by molar-refractivity contribution is -0.538. The Balaban J connectivity index is 0.000000371. The van der Waals surface area contributed by atoms with Crippen LogP contribution in [0.25, 0.3) is 0 Å². The van der Waals surface area contributed by atoms with Crippen LogP contribution in [0.2, 0.25) is 0 Å². The Morgan fingerprint density at radius 2 is 2.00 bits per heavy atom. The summed E-state index contributed by atoms with van der Waals surface area (Å²) in [6, 6.07) is 0. The quantitative estimate of drug-likeness (QED) is 0.462. The third-order valence-corrected chi connectivity index (χ3v) is 1.87. The Bertz CT molecular complexity index is 121. The predicted octanol–water partition coefficient (Wildman–Crippen LogP) is 0.781. The van der Waals surface area contributed by atoms with E-state index in [9.17, 15) is 10.1 Å². The number of hydrogen-bond acceptors (Lipinski definition) is 3. The second-order valence-electron chi connectivity index (χ2n) is 2.34. The van der Waals surface area contributed by atoms with Crippen molar-refractivity contribution in [1.82, 2.24) is 0 Å². The van der Waals surface area contributed by atoms with Crippen molar-refractivity contribution in [2.75, 3.05) is 7.05 Å². The molecule has 4 nitrogen and oxygen atoms in total. The van der Waals surface area contributed by atoms with Gasteiger partial charge in [0, 0.05) is 24.2 Å². The highest BCUT2D eigenvalue weighted by Gasteiger charge is 2.53. The Kier molecular flexibility index (Phi) is 3.28. The average molecular weight is 146 g/mol. The second kappa shape index (κ2) is 3.51. The van der Waals surface area contributed by atoms with Gasteiger partial charge >= 0.3 is 0 Å². The van der Waals surface area contributed by atoms with Crippen LogP contribution >= 0.6 is 0 Å². The minimum atomic E-state index is -0.486. The highest BCUT2D eigenvalue weighted by Crippen LogP contribution is 2.41. The third-order valence-electron chi connectivity index (χ3n) is 1.87. The monoisotopic (exact) mass is 146 g/mol. The van der Waals surface area contributed by atoms with Crippen LogP contribution < -0.4 is 5.73 Å². The van der Waals surface area contributed by atoms with E-state index in [4.69, 9.17) is 0 Å². The molecular weight excluding hydrogens is 132 g/mol. The van der Waals surface area contributed by atoms with Gasteiger partial charge in [0.2, 0.25) is 5.54 Å². The fourth-order valence-electron chi connectivity index (χ4n) is 0.810. The first-order valence-corrected chi connectivity index (χ1v) is 3.43. The van der Waals surface area contributed by atoms with Crippen molar-refractivity contribution in [3.8, 4) is 0 Å². The molecule has 0 saturated heterocycles. The summed E-state index contributed by atoms with van der Waals surface area (Å²) in [5.74, 6) is 0. The van der Waals surface area contributed by atoms with Crippen LogP contribution in [0, 0.1) is 10.1 Å². The van der Waals surface area contributed by atoms with E-state index >= 15 is 0 Å². The van der Waals surface area contributed by atoms with Gasteiger partial charge < -0.3 is 5.73 Å². The maximum Gasteiger partial charge on any atom is 0.222 e. The van der Waals surface area contributed by atoms with Crippen LogP contribution in [0.15, 0.2) is 0 Å². The summed E-state index contributed by atoms with van der Waals surface area (Å²) in [4.78, 5) is 9.97. The van der Waals surface area contributed by atoms with E-state index in [0.717, 1.165) is 12.8 Å². The van der Waals surface area contributed by atoms with Gasteiger partial charge in [-0.15, -0.1) is 0 Å². The summed E-state index contributed by atoms with van der Waals surface area (Å²) >= 11 is 0. The van der Waals surface area contributed by atoms with Crippen molar-refractivity contribution in [3.63, 3.8) is 0 Å². The summed E-state index contributed by atoms with van der Waals surface area (Å²) in [5.41, 5.74) is 4.01. The molecule has 0 amide bonds. The van der Waals surface area contributed by atoms with Gasteiger partial charge in [-0.3, -0.25) is 10.1 Å². The van der Waals surface area contributed by atoms with Gasteiger partial charge in [-0.2, -0.15) is 0 Å². The lowest BCUT2D eigenvalue weighted by Crippen LogP contribution is -2.18. The van der Waals surface area contributed by atoms with Gasteiger partial charge in [-0.05, 0) is 7.05 Å². The fourth-order valence-corrected chi connectivity index (χ4v) is 0.810. The average Bonchev–Trinajstić information content (AvgIpc) is 2.71. The fraction of sp³-hybridized carbons (Fsp3) is 1.00. The summed E-state index contributed by atoms with van der Waals surface area (Å²) in [6.45, 7) is 1.87. The largest absolute Gasteiger partial charge is 0.333 e. The van der Waals surface area contributed by atoms with Gasteiger partial charge in [-0.25, -0.2) is 0 Å². The smallest absolute Gasteiger partial charge is 0.222 e. The zero-order valence-corrected chi connectivity index (χ0v) is 6.46. The van der Waals surface area contributed by atoms with Crippen molar-refractivity contribution >= 4 is 0 Å². The van der Waals surface area contributed by atoms with E-state index < -0.39 is 5.54 Å². The van der Waals surface area contributed by atoms with Crippen molar-refractivity contribution in [3.05, 3.63) is 10.1 Å². The molecule has 0 aromatic heterocycles. The van der Waals surface area contributed by atoms with E-state index in [0.29, 0.717) is 6.42 Å². The maximum absolute atomic E-state index is 10.1. The van der Waals surface area contributed by atoms with Crippen molar-refractivity contribution in [2.24, 2.45) is 5.73 Å². The molecule has 1 aliphatic carbocycles. The summed E-state index contributed by atoms with van der Waals surface area (Å²) in [7, 11) is 1.50. The molecule has 1 aliphatic rings. The summed E-state index contributed by atoms with van der Waals surface area (Å²) < 4.78 is 0. The zero-order valence-electron chi connectivity index (χ0n) is 6.46. The van der Waals surface area contributed by atoms with E-state index in [1.54, 1.807) is 0 Å². The summed E-state index contributed by atoms with van der Waals surface area (Å²) in [6.07, 6.45) is 2.27. The second-order valence-corrected chi connectivity index (χ2v) is 2.34. The highest BCUT2D eigenvalue weighted by atomic mass is 16.6. The number of hydrogen-bond donors (Lipinski definition) is 1. The van der Waals surface area contributed by atoms with Crippen molar-refractivity contribution < 1.29 is 4.92 Å². The molecule has 4 heteroatoms. The number of nitrogens with two attached hydrogens (primary N) is 1. The minimum Gasteiger partial charge on any atom is -0.333 e. The zero-order chi connectivity index (χ0) is 8.20. The van der Waals surface area contributed by atoms with E-state index in [1.807, 2.05) is 6.92 Å². The Morgan fingerprint density at radius 1 is 1.60 bits per heavy atom. The molecule has 60 valence electrons. The van der Waals surface area contributed by atoms with Crippen LogP contribution in [0.5, 0.6) is 0 Å². The lowest BCUT2D eigenvalue weighted by Gasteiger charge is -1.99. The van der Waals surface area contributed by atoms with Gasteiger partial charge in [0.15, 0.2) is 0 Å². The topological polar surface area (TPSA) is 69.2 Å². The van der Waals surface area contributed by atoms with Crippen LogP contribution in [-0.4, -0.2) is 17.5 Å². The van der Waals surface area contributed by atoms with E-state index in [-0.39, 0.29) is 4.92 Å². The first-order valence-electron chi connectivity index (χ1n) is 3.43. The summed E-state index contributed by atoms with van der Waals surface area (Å²) in [5, 5.41) is 10.1. The molecule has 0 bridgehead atoms. The molecule has 2 N–H and O–H groups in total. The van der Waals surface area contributed by atoms with Crippen LogP contribution in [0.3, 0.4) is 0 Å². The highest BCUT2D eigenvalue weighted by molar-refractivity contribution is 4.92. The van der Waals surface area contributed by atoms with Crippen molar-refractivity contribution in [1.29, 1.82) is 0 Å². The Hall–Kier alpha value is -0.640. The number of nitrogens with zero attached hydrogens (tertiary/aromatic N) is 1. The van der Waals surface area contributed by atoms with Crippen LogP contribution in [0.4, 0.5) is 0 Å². The molecule has 1 saturated carbocycles. The molecule has 0 heterocycles. The van der Waals surface area contributed by atoms with Gasteiger partial charge in [-0.1, -0.05) is 6.92 Å².